The molecule has 0 bridgehead atoms. The summed E-state index contributed by atoms with van der Waals surface area (Å²) in [6.07, 6.45) is 0.462. The van der Waals surface area contributed by atoms with Crippen molar-refractivity contribution in [2.75, 3.05) is 11.9 Å². The number of nitrogens with one attached hydrogen (secondary N) is 1. The molecule has 94 valence electrons. The van der Waals surface area contributed by atoms with E-state index in [1.165, 1.54) is 12.1 Å². The first-order valence-corrected chi connectivity index (χ1v) is 5.27. The zero-order valence-corrected chi connectivity index (χ0v) is 9.83. The molecule has 5 heteroatoms. The smallest absolute Gasteiger partial charge is 0.337 e. The quantitative estimate of drug-likeness (QED) is 0.738. The molecule has 0 saturated carbocycles. The fourth-order valence-corrected chi connectivity index (χ4v) is 1.51. The van der Waals surface area contributed by atoms with Gasteiger partial charge in [0.1, 0.15) is 5.82 Å². The highest BCUT2D eigenvalue weighted by Gasteiger charge is 2.20. The first-order valence-electron chi connectivity index (χ1n) is 5.27. The highest BCUT2D eigenvalue weighted by molar-refractivity contribution is 5.94. The Balaban J connectivity index is 3.02. The number of benzene rings is 1. The highest BCUT2D eigenvalue weighted by Crippen LogP contribution is 2.22. The number of hydrogen-bond acceptors (Lipinski definition) is 3. The summed E-state index contributed by atoms with van der Waals surface area (Å²) in [7, 11) is 0. The van der Waals surface area contributed by atoms with Gasteiger partial charge in [0.2, 0.25) is 0 Å². The molecular formula is C12H16FNO3. The van der Waals surface area contributed by atoms with Gasteiger partial charge >= 0.3 is 5.97 Å². The minimum Gasteiger partial charge on any atom is -0.478 e. The minimum absolute atomic E-state index is 0.0103. The third-order valence-corrected chi connectivity index (χ3v) is 2.42. The summed E-state index contributed by atoms with van der Waals surface area (Å²) >= 11 is 0. The van der Waals surface area contributed by atoms with Crippen molar-refractivity contribution in [1.82, 2.24) is 0 Å². The third-order valence-electron chi connectivity index (χ3n) is 2.42. The van der Waals surface area contributed by atoms with Gasteiger partial charge in [0, 0.05) is 17.8 Å². The van der Waals surface area contributed by atoms with Crippen molar-refractivity contribution in [1.29, 1.82) is 0 Å². The molecule has 0 amide bonds. The number of carbonyl (C=O) groups is 1. The molecular weight excluding hydrogens is 225 g/mol. The van der Waals surface area contributed by atoms with Gasteiger partial charge in [-0.2, -0.15) is 0 Å². The summed E-state index contributed by atoms with van der Waals surface area (Å²) in [5.74, 6) is -1.78. The number of halogens is 1. The van der Waals surface area contributed by atoms with E-state index in [1.54, 1.807) is 0 Å². The Morgan fingerprint density at radius 3 is 2.65 bits per heavy atom. The van der Waals surface area contributed by atoms with E-state index < -0.39 is 17.3 Å². The van der Waals surface area contributed by atoms with E-state index in [0.29, 0.717) is 12.1 Å². The molecule has 0 spiro atoms. The van der Waals surface area contributed by atoms with Crippen LogP contribution in [0.3, 0.4) is 0 Å². The normalized spacial score (nSPS) is 11.3. The maximum absolute atomic E-state index is 13.0. The molecule has 0 heterocycles. The summed E-state index contributed by atoms with van der Waals surface area (Å²) in [6.45, 7) is 3.65. The summed E-state index contributed by atoms with van der Waals surface area (Å²) in [6, 6.07) is 3.56. The third kappa shape index (κ3) is 3.71. The van der Waals surface area contributed by atoms with Crippen LogP contribution in [0.1, 0.15) is 30.6 Å². The zero-order valence-electron chi connectivity index (χ0n) is 9.83. The van der Waals surface area contributed by atoms with Crippen molar-refractivity contribution < 1.29 is 19.4 Å². The zero-order chi connectivity index (χ0) is 13.1. The first-order chi connectivity index (χ1) is 7.85. The lowest BCUT2D eigenvalue weighted by Gasteiger charge is -2.27. The number of aliphatic hydroxyl groups is 1. The molecule has 0 saturated heterocycles. The maximum Gasteiger partial charge on any atom is 0.337 e. The molecule has 0 aliphatic heterocycles. The predicted molar refractivity (Wildman–Crippen MR) is 62.8 cm³/mol. The van der Waals surface area contributed by atoms with Crippen LogP contribution < -0.4 is 5.32 Å². The fourth-order valence-electron chi connectivity index (χ4n) is 1.51. The van der Waals surface area contributed by atoms with Crippen molar-refractivity contribution in [2.24, 2.45) is 0 Å². The average Bonchev–Trinajstić information content (AvgIpc) is 2.20. The van der Waals surface area contributed by atoms with E-state index in [2.05, 4.69) is 5.32 Å². The lowest BCUT2D eigenvalue weighted by Crippen LogP contribution is -2.32. The van der Waals surface area contributed by atoms with Gasteiger partial charge in [-0.3, -0.25) is 0 Å². The van der Waals surface area contributed by atoms with Crippen molar-refractivity contribution in [3.8, 4) is 0 Å². The molecule has 0 aromatic heterocycles. The largest absolute Gasteiger partial charge is 0.478 e. The van der Waals surface area contributed by atoms with Crippen LogP contribution in [0.15, 0.2) is 18.2 Å². The van der Waals surface area contributed by atoms with Gasteiger partial charge < -0.3 is 15.5 Å². The van der Waals surface area contributed by atoms with Gasteiger partial charge in [0.15, 0.2) is 0 Å². The summed E-state index contributed by atoms with van der Waals surface area (Å²) in [4.78, 5) is 11.0. The van der Waals surface area contributed by atoms with Crippen LogP contribution in [-0.2, 0) is 0 Å². The Kier molecular flexibility index (Phi) is 4.07. The van der Waals surface area contributed by atoms with Crippen LogP contribution in [0.4, 0.5) is 10.1 Å². The molecule has 0 aliphatic rings. The Morgan fingerprint density at radius 1 is 1.47 bits per heavy atom. The average molecular weight is 241 g/mol. The van der Waals surface area contributed by atoms with E-state index in [-0.39, 0.29) is 12.2 Å². The number of rotatable bonds is 5. The SMILES string of the molecule is CC(C)(CCO)Nc1ccc(F)cc1C(=O)O. The Morgan fingerprint density at radius 2 is 2.12 bits per heavy atom. The molecule has 1 aromatic carbocycles. The topological polar surface area (TPSA) is 69.6 Å². The van der Waals surface area contributed by atoms with Crippen LogP contribution in [0.25, 0.3) is 0 Å². The number of carboxylic acid groups (broad SMARTS) is 1. The molecule has 0 fully saturated rings. The second-order valence-electron chi connectivity index (χ2n) is 4.48. The Hall–Kier alpha value is -1.62. The van der Waals surface area contributed by atoms with Crippen LogP contribution in [0.2, 0.25) is 0 Å². The van der Waals surface area contributed by atoms with E-state index in [4.69, 9.17) is 10.2 Å². The van der Waals surface area contributed by atoms with Crippen molar-refractivity contribution in [3.05, 3.63) is 29.6 Å². The first kappa shape index (κ1) is 13.4. The van der Waals surface area contributed by atoms with Crippen molar-refractivity contribution in [2.45, 2.75) is 25.8 Å². The van der Waals surface area contributed by atoms with Crippen LogP contribution in [0.5, 0.6) is 0 Å². The second-order valence-corrected chi connectivity index (χ2v) is 4.48. The molecule has 3 N–H and O–H groups in total. The second kappa shape index (κ2) is 5.14. The van der Waals surface area contributed by atoms with Crippen molar-refractivity contribution in [3.63, 3.8) is 0 Å². The van der Waals surface area contributed by atoms with Gasteiger partial charge in [-0.1, -0.05) is 0 Å². The van der Waals surface area contributed by atoms with Crippen molar-refractivity contribution >= 4 is 11.7 Å². The van der Waals surface area contributed by atoms with Gasteiger partial charge in [-0.05, 0) is 38.5 Å². The monoisotopic (exact) mass is 241 g/mol. The van der Waals surface area contributed by atoms with E-state index in [9.17, 15) is 9.18 Å². The van der Waals surface area contributed by atoms with Crippen LogP contribution in [0, 0.1) is 5.82 Å². The maximum atomic E-state index is 13.0. The Labute approximate surface area is 99.1 Å². The van der Waals surface area contributed by atoms with E-state index >= 15 is 0 Å². The number of aromatic carboxylic acids is 1. The molecule has 0 unspecified atom stereocenters. The molecule has 17 heavy (non-hydrogen) atoms. The number of hydrogen-bond donors (Lipinski definition) is 3. The standard InChI is InChI=1S/C12H16FNO3/c1-12(2,5-6-15)14-10-4-3-8(13)7-9(10)11(16)17/h3-4,7,14-15H,5-6H2,1-2H3,(H,16,17). The molecule has 0 radical (unpaired) electrons. The van der Waals surface area contributed by atoms with Gasteiger partial charge in [0.25, 0.3) is 0 Å². The lowest BCUT2D eigenvalue weighted by molar-refractivity contribution is 0.0697. The highest BCUT2D eigenvalue weighted by atomic mass is 19.1. The number of aliphatic hydroxyl groups excluding tert-OH is 1. The van der Waals surface area contributed by atoms with E-state index in [1.807, 2.05) is 13.8 Å². The summed E-state index contributed by atoms with van der Waals surface area (Å²) < 4.78 is 13.0. The number of anilines is 1. The van der Waals surface area contributed by atoms with Crippen LogP contribution >= 0.6 is 0 Å². The van der Waals surface area contributed by atoms with Gasteiger partial charge in [0.05, 0.1) is 5.56 Å². The van der Waals surface area contributed by atoms with Gasteiger partial charge in [-0.15, -0.1) is 0 Å². The molecule has 0 aliphatic carbocycles. The fraction of sp³-hybridized carbons (Fsp3) is 0.417. The Bertz CT molecular complexity index is 418. The molecule has 4 nitrogen and oxygen atoms in total. The summed E-state index contributed by atoms with van der Waals surface area (Å²) in [5, 5.41) is 20.8. The lowest BCUT2D eigenvalue weighted by atomic mass is 10.00. The molecule has 1 rings (SSSR count). The van der Waals surface area contributed by atoms with Crippen LogP contribution in [-0.4, -0.2) is 28.3 Å². The van der Waals surface area contributed by atoms with Gasteiger partial charge in [-0.25, -0.2) is 9.18 Å². The number of carboxylic acids is 1. The molecule has 0 atom stereocenters. The molecule has 1 aromatic rings. The van der Waals surface area contributed by atoms with E-state index in [0.717, 1.165) is 6.07 Å². The summed E-state index contributed by atoms with van der Waals surface area (Å²) in [5.41, 5.74) is -0.232. The predicted octanol–water partition coefficient (Wildman–Crippen LogP) is 2.10. The minimum atomic E-state index is -1.19.